The molecule has 1 N–H and O–H groups in total. The van der Waals surface area contributed by atoms with Gasteiger partial charge < -0.3 is 10.1 Å². The van der Waals surface area contributed by atoms with Crippen molar-refractivity contribution in [3.8, 4) is 5.75 Å². The predicted molar refractivity (Wildman–Crippen MR) is 98.5 cm³/mol. The summed E-state index contributed by atoms with van der Waals surface area (Å²) in [6, 6.07) is 4.41. The topological polar surface area (TPSA) is 73.2 Å². The average Bonchev–Trinajstić information content (AvgIpc) is 2.73. The van der Waals surface area contributed by atoms with Crippen molar-refractivity contribution in [3.63, 3.8) is 0 Å². The highest BCUT2D eigenvalue weighted by molar-refractivity contribution is 5.94. The van der Waals surface area contributed by atoms with E-state index in [4.69, 9.17) is 0 Å². The Morgan fingerprint density at radius 2 is 1.79 bits per heavy atom. The number of pyridine rings is 2. The third-order valence-electron chi connectivity index (χ3n) is 4.26. The minimum absolute atomic E-state index is 0.0196. The van der Waals surface area contributed by atoms with Crippen molar-refractivity contribution >= 4 is 5.91 Å². The van der Waals surface area contributed by atoms with Crippen LogP contribution in [-0.4, -0.2) is 21.8 Å². The SMILES string of the molecule is O=C(NC(c1ccc(OC(F)(F)F)c(F)c1)c1ncccc1F)c1ccc(=O)n(C(F)F)c1. The van der Waals surface area contributed by atoms with Crippen LogP contribution in [0.5, 0.6) is 5.75 Å². The first-order valence-corrected chi connectivity index (χ1v) is 8.93. The number of halogens is 7. The van der Waals surface area contributed by atoms with E-state index in [1.165, 1.54) is 6.07 Å². The molecular formula is C20H12F7N3O3. The van der Waals surface area contributed by atoms with Crippen LogP contribution in [0.25, 0.3) is 0 Å². The quantitative estimate of drug-likeness (QED) is 0.539. The molecule has 0 fully saturated rings. The molecule has 2 aromatic heterocycles. The molecule has 13 heteroatoms. The molecule has 0 aliphatic heterocycles. The number of alkyl halides is 5. The fraction of sp³-hybridized carbons (Fsp3) is 0.150. The number of hydrogen-bond donors (Lipinski definition) is 1. The Morgan fingerprint density at radius 3 is 2.39 bits per heavy atom. The Bertz CT molecular complexity index is 1230. The van der Waals surface area contributed by atoms with Gasteiger partial charge in [0.25, 0.3) is 11.5 Å². The van der Waals surface area contributed by atoms with Gasteiger partial charge in [-0.05, 0) is 35.9 Å². The highest BCUT2D eigenvalue weighted by Gasteiger charge is 2.33. The highest BCUT2D eigenvalue weighted by Crippen LogP contribution is 2.30. The van der Waals surface area contributed by atoms with Crippen molar-refractivity contribution in [2.24, 2.45) is 0 Å². The van der Waals surface area contributed by atoms with Gasteiger partial charge >= 0.3 is 12.9 Å². The van der Waals surface area contributed by atoms with Crippen LogP contribution >= 0.6 is 0 Å². The first-order chi connectivity index (χ1) is 15.5. The molecule has 0 saturated carbocycles. The van der Waals surface area contributed by atoms with Gasteiger partial charge in [0.05, 0.1) is 11.6 Å². The Hall–Kier alpha value is -3.90. The zero-order valence-corrected chi connectivity index (χ0v) is 16.1. The molecule has 0 aliphatic carbocycles. The first kappa shape index (κ1) is 23.8. The van der Waals surface area contributed by atoms with E-state index in [9.17, 15) is 40.3 Å². The molecule has 33 heavy (non-hydrogen) atoms. The minimum Gasteiger partial charge on any atom is -0.403 e. The van der Waals surface area contributed by atoms with Crippen molar-refractivity contribution in [2.75, 3.05) is 0 Å². The van der Waals surface area contributed by atoms with Crippen LogP contribution in [0.4, 0.5) is 30.7 Å². The number of rotatable bonds is 6. The third kappa shape index (κ3) is 5.67. The maximum Gasteiger partial charge on any atom is 0.573 e. The van der Waals surface area contributed by atoms with Gasteiger partial charge in [-0.1, -0.05) is 6.07 Å². The van der Waals surface area contributed by atoms with Gasteiger partial charge in [0.2, 0.25) is 0 Å². The van der Waals surface area contributed by atoms with E-state index in [1.54, 1.807) is 0 Å². The maximum atomic E-state index is 14.4. The second-order valence-electron chi connectivity index (χ2n) is 6.46. The van der Waals surface area contributed by atoms with Crippen LogP contribution in [0.1, 0.15) is 34.2 Å². The predicted octanol–water partition coefficient (Wildman–Crippen LogP) is 4.33. The molecule has 3 rings (SSSR count). The number of hydrogen-bond acceptors (Lipinski definition) is 4. The summed E-state index contributed by atoms with van der Waals surface area (Å²) in [5.74, 6) is -4.65. The summed E-state index contributed by atoms with van der Waals surface area (Å²) in [7, 11) is 0. The van der Waals surface area contributed by atoms with E-state index in [2.05, 4.69) is 15.0 Å². The van der Waals surface area contributed by atoms with E-state index < -0.39 is 59.1 Å². The van der Waals surface area contributed by atoms with Gasteiger partial charge in [0, 0.05) is 18.5 Å². The van der Waals surface area contributed by atoms with Gasteiger partial charge in [0.15, 0.2) is 11.6 Å². The van der Waals surface area contributed by atoms with Crippen molar-refractivity contribution < 1.29 is 40.3 Å². The molecule has 1 aromatic carbocycles. The van der Waals surface area contributed by atoms with Crippen molar-refractivity contribution in [2.45, 2.75) is 19.0 Å². The molecule has 0 saturated heterocycles. The van der Waals surface area contributed by atoms with Gasteiger partial charge in [-0.2, -0.15) is 8.78 Å². The van der Waals surface area contributed by atoms with Crippen molar-refractivity contribution in [1.29, 1.82) is 0 Å². The van der Waals surface area contributed by atoms with Crippen LogP contribution < -0.4 is 15.6 Å². The van der Waals surface area contributed by atoms with E-state index in [1.807, 2.05) is 0 Å². The summed E-state index contributed by atoms with van der Waals surface area (Å²) in [6.07, 6.45) is -3.46. The normalized spacial score (nSPS) is 12.5. The van der Waals surface area contributed by atoms with E-state index in [-0.39, 0.29) is 10.1 Å². The summed E-state index contributed by atoms with van der Waals surface area (Å²) in [6.45, 7) is -3.25. The molecule has 6 nitrogen and oxygen atoms in total. The number of aromatic nitrogens is 2. The number of ether oxygens (including phenoxy) is 1. The van der Waals surface area contributed by atoms with E-state index in [0.717, 1.165) is 24.4 Å². The highest BCUT2D eigenvalue weighted by atomic mass is 19.4. The summed E-state index contributed by atoms with van der Waals surface area (Å²) < 4.78 is 95.2. The Morgan fingerprint density at radius 1 is 1.06 bits per heavy atom. The number of benzene rings is 1. The molecule has 2 heterocycles. The number of carbonyl (C=O) groups is 1. The second-order valence-corrected chi connectivity index (χ2v) is 6.46. The third-order valence-corrected chi connectivity index (χ3v) is 4.26. The van der Waals surface area contributed by atoms with Crippen LogP contribution in [0.15, 0.2) is 59.7 Å². The van der Waals surface area contributed by atoms with Crippen LogP contribution in [0.3, 0.4) is 0 Å². The monoisotopic (exact) mass is 475 g/mol. The molecule has 0 radical (unpaired) electrons. The molecule has 174 valence electrons. The molecule has 0 bridgehead atoms. The second kappa shape index (κ2) is 9.30. The average molecular weight is 475 g/mol. The molecule has 0 aliphatic rings. The minimum atomic E-state index is -5.17. The molecule has 1 unspecified atom stereocenters. The van der Waals surface area contributed by atoms with Gasteiger partial charge in [0.1, 0.15) is 11.5 Å². The van der Waals surface area contributed by atoms with Crippen LogP contribution in [-0.2, 0) is 0 Å². The number of nitrogens with zero attached hydrogens (tertiary/aromatic N) is 2. The van der Waals surface area contributed by atoms with Crippen LogP contribution in [0.2, 0.25) is 0 Å². The molecule has 1 atom stereocenters. The van der Waals surface area contributed by atoms with Crippen molar-refractivity contribution in [1.82, 2.24) is 14.9 Å². The lowest BCUT2D eigenvalue weighted by molar-refractivity contribution is -0.275. The lowest BCUT2D eigenvalue weighted by Gasteiger charge is -2.20. The summed E-state index contributed by atoms with van der Waals surface area (Å²) in [5, 5.41) is 2.26. The Kier molecular flexibility index (Phi) is 6.70. The summed E-state index contributed by atoms with van der Waals surface area (Å²) >= 11 is 0. The number of nitrogens with one attached hydrogen (secondary N) is 1. The van der Waals surface area contributed by atoms with Crippen LogP contribution in [0, 0.1) is 11.6 Å². The molecule has 3 aromatic rings. The zero-order chi connectivity index (χ0) is 24.3. The lowest BCUT2D eigenvalue weighted by atomic mass is 10.0. The zero-order valence-electron chi connectivity index (χ0n) is 16.1. The summed E-state index contributed by atoms with van der Waals surface area (Å²) in [4.78, 5) is 27.9. The van der Waals surface area contributed by atoms with E-state index >= 15 is 0 Å². The van der Waals surface area contributed by atoms with Gasteiger partial charge in [-0.25, -0.2) is 8.78 Å². The molecule has 1 amide bonds. The Labute approximate surface area is 180 Å². The smallest absolute Gasteiger partial charge is 0.403 e. The summed E-state index contributed by atoms with van der Waals surface area (Å²) in [5.41, 5.74) is -2.17. The first-order valence-electron chi connectivity index (χ1n) is 8.93. The van der Waals surface area contributed by atoms with E-state index in [0.29, 0.717) is 24.4 Å². The fourth-order valence-corrected chi connectivity index (χ4v) is 2.83. The standard InChI is InChI=1S/C20H12F7N3O3/c21-12-2-1-7-28-17(12)16(10-3-5-14(13(22)8-10)33-20(25,26)27)29-18(32)11-4-6-15(31)30(9-11)19(23)24/h1-9,16,19H,(H,29,32). The number of amides is 1. The number of carbonyl (C=O) groups excluding carboxylic acids is 1. The Balaban J connectivity index is 2.01. The molecule has 0 spiro atoms. The fourth-order valence-electron chi connectivity index (χ4n) is 2.83. The molecular weight excluding hydrogens is 463 g/mol. The lowest BCUT2D eigenvalue weighted by Crippen LogP contribution is -2.32. The van der Waals surface area contributed by atoms with Crippen molar-refractivity contribution in [3.05, 3.63) is 93.7 Å². The van der Waals surface area contributed by atoms with Gasteiger partial charge in [-0.15, -0.1) is 13.2 Å². The maximum absolute atomic E-state index is 14.4. The largest absolute Gasteiger partial charge is 0.573 e. The van der Waals surface area contributed by atoms with Gasteiger partial charge in [-0.3, -0.25) is 19.1 Å².